The summed E-state index contributed by atoms with van der Waals surface area (Å²) in [7, 11) is 0. The van der Waals surface area contributed by atoms with Crippen molar-refractivity contribution in [3.05, 3.63) is 71.3 Å². The van der Waals surface area contributed by atoms with E-state index >= 15 is 0 Å². The largest absolute Gasteiger partial charge is 0.423 e. The number of cyclic esters (lactones) is 4. The van der Waals surface area contributed by atoms with Gasteiger partial charge in [0.2, 0.25) is 11.2 Å². The summed E-state index contributed by atoms with van der Waals surface area (Å²) in [5, 5.41) is -0.434. The third-order valence-electron chi connectivity index (χ3n) is 5.04. The first-order chi connectivity index (χ1) is 19.0. The van der Waals surface area contributed by atoms with E-state index < -0.39 is 58.2 Å². The first-order valence-corrected chi connectivity index (χ1v) is 12.4. The number of carbonyl (C=O) groups excluding carboxylic acids is 6. The van der Waals surface area contributed by atoms with Crippen molar-refractivity contribution in [2.24, 2.45) is 5.92 Å². The number of ketones is 1. The first-order valence-electron chi connectivity index (χ1n) is 12.1. The van der Waals surface area contributed by atoms with Crippen LogP contribution in [0.25, 0.3) is 0 Å². The molecule has 0 saturated carbocycles. The fourth-order valence-corrected chi connectivity index (χ4v) is 3.56. The number of ether oxygens (including phenoxy) is 4. The van der Waals surface area contributed by atoms with E-state index in [0.717, 1.165) is 5.56 Å². The van der Waals surface area contributed by atoms with Crippen molar-refractivity contribution >= 4 is 46.5 Å². The highest BCUT2D eigenvalue weighted by atomic mass is 35.5. The van der Waals surface area contributed by atoms with Gasteiger partial charge in [0.25, 0.3) is 11.6 Å². The minimum Gasteiger partial charge on any atom is -0.423 e. The summed E-state index contributed by atoms with van der Waals surface area (Å²) in [5.41, 5.74) is 1.23. The molecular weight excluding hydrogens is 570 g/mol. The molecule has 2 heterocycles. The van der Waals surface area contributed by atoms with E-state index in [1.54, 1.807) is 0 Å². The molecule has 220 valence electrons. The fourth-order valence-electron chi connectivity index (χ4n) is 3.41. The Morgan fingerprint density at radius 2 is 1.07 bits per heavy atom. The normalized spacial score (nSPS) is 17.2. The Labute approximate surface area is 238 Å². The van der Waals surface area contributed by atoms with Crippen molar-refractivity contribution in [3.8, 4) is 0 Å². The number of rotatable bonds is 5. The van der Waals surface area contributed by atoms with Crippen LogP contribution in [0.15, 0.2) is 48.5 Å². The van der Waals surface area contributed by atoms with Crippen molar-refractivity contribution in [1.29, 1.82) is 0 Å². The molecule has 10 nitrogen and oxygen atoms in total. The van der Waals surface area contributed by atoms with Crippen molar-refractivity contribution < 1.29 is 56.5 Å². The lowest BCUT2D eigenvalue weighted by atomic mass is 9.97. The Bertz CT molecular complexity index is 1270. The molecule has 0 spiro atoms. The maximum absolute atomic E-state index is 12.8. The van der Waals surface area contributed by atoms with Gasteiger partial charge in [-0.3, -0.25) is 28.8 Å². The molecule has 2 saturated heterocycles. The average molecular weight is 597 g/mol. The molecule has 13 heteroatoms. The fraction of sp³-hybridized carbons (Fsp3) is 0.357. The maximum Gasteiger partial charge on any atom is 0.331 e. The Morgan fingerprint density at radius 3 is 1.44 bits per heavy atom. The zero-order valence-corrected chi connectivity index (χ0v) is 23.3. The summed E-state index contributed by atoms with van der Waals surface area (Å²) in [5.74, 6) is -8.28. The Morgan fingerprint density at radius 1 is 0.707 bits per heavy atom. The standard InChI is InChI=1S/C14H13FO5.C8H6ClFO.C6H8O4/c1-14(2)19-12(17)11(13(18)20-14)10(16)7-8-3-5-9(15)6-4-8;9-8(11)5-6-1-3-7(10)4-2-6;1-6(2)9-4(7)3-5(8)10-6/h3-6,11H,7H2,1-2H3;1-4H,5H2;3H2,1-2H3. The molecule has 0 aliphatic carbocycles. The molecule has 2 aromatic rings. The van der Waals surface area contributed by atoms with E-state index in [4.69, 9.17) is 21.1 Å². The molecule has 0 aromatic heterocycles. The Hall–Kier alpha value is -4.19. The van der Waals surface area contributed by atoms with Crippen LogP contribution in [0, 0.1) is 17.6 Å². The van der Waals surface area contributed by atoms with E-state index in [1.807, 2.05) is 0 Å². The lowest BCUT2D eigenvalue weighted by molar-refractivity contribution is -0.239. The molecule has 0 amide bonds. The zero-order valence-electron chi connectivity index (χ0n) is 22.5. The van der Waals surface area contributed by atoms with Gasteiger partial charge < -0.3 is 18.9 Å². The number of Topliss-reactive ketones (excluding diaryl/α,β-unsaturated/α-hetero) is 1. The Balaban J connectivity index is 0.000000236. The second-order valence-electron chi connectivity index (χ2n) is 9.63. The number of benzene rings is 2. The van der Waals surface area contributed by atoms with Crippen molar-refractivity contribution in [1.82, 2.24) is 0 Å². The van der Waals surface area contributed by atoms with E-state index in [2.05, 4.69) is 9.47 Å². The van der Waals surface area contributed by atoms with Crippen LogP contribution in [-0.2, 0) is 60.6 Å². The lowest BCUT2D eigenvalue weighted by Crippen LogP contribution is -2.49. The molecule has 0 N–H and O–H groups in total. The highest BCUT2D eigenvalue weighted by Crippen LogP contribution is 2.24. The molecule has 0 bridgehead atoms. The van der Waals surface area contributed by atoms with Crippen LogP contribution in [0.1, 0.15) is 45.2 Å². The molecule has 2 aliphatic heterocycles. The summed E-state index contributed by atoms with van der Waals surface area (Å²) in [6, 6.07) is 10.9. The summed E-state index contributed by atoms with van der Waals surface area (Å²) in [6.07, 6.45) is -0.291. The third kappa shape index (κ3) is 11.4. The van der Waals surface area contributed by atoms with E-state index in [9.17, 15) is 37.5 Å². The smallest absolute Gasteiger partial charge is 0.331 e. The minimum absolute atomic E-state index is 0.155. The molecule has 0 radical (unpaired) electrons. The second kappa shape index (κ2) is 13.9. The first kappa shape index (κ1) is 33.0. The molecule has 2 aromatic carbocycles. The van der Waals surface area contributed by atoms with Gasteiger partial charge in [0.05, 0.1) is 0 Å². The van der Waals surface area contributed by atoms with Gasteiger partial charge in [0.1, 0.15) is 18.1 Å². The summed E-state index contributed by atoms with van der Waals surface area (Å²) in [4.78, 5) is 66.9. The van der Waals surface area contributed by atoms with Crippen molar-refractivity contribution in [2.45, 2.75) is 58.5 Å². The van der Waals surface area contributed by atoms with Gasteiger partial charge in [-0.25, -0.2) is 8.78 Å². The van der Waals surface area contributed by atoms with Crippen LogP contribution in [0.5, 0.6) is 0 Å². The second-order valence-corrected chi connectivity index (χ2v) is 10.0. The number of halogens is 3. The van der Waals surface area contributed by atoms with E-state index in [0.29, 0.717) is 5.56 Å². The van der Waals surface area contributed by atoms with Crippen LogP contribution in [-0.4, -0.2) is 46.5 Å². The maximum atomic E-state index is 12.8. The highest BCUT2D eigenvalue weighted by Gasteiger charge is 2.46. The Kier molecular flexibility index (Phi) is 11.2. The number of esters is 4. The van der Waals surface area contributed by atoms with Gasteiger partial charge in [0, 0.05) is 40.5 Å². The van der Waals surface area contributed by atoms with Crippen LogP contribution >= 0.6 is 11.6 Å². The minimum atomic E-state index is -1.58. The van der Waals surface area contributed by atoms with Crippen LogP contribution in [0.4, 0.5) is 8.78 Å². The number of hydrogen-bond donors (Lipinski definition) is 0. The molecular formula is C28H27ClF2O10. The van der Waals surface area contributed by atoms with Crippen molar-refractivity contribution in [2.75, 3.05) is 0 Å². The molecule has 0 unspecified atom stereocenters. The van der Waals surface area contributed by atoms with Gasteiger partial charge in [-0.15, -0.1) is 0 Å². The molecule has 2 fully saturated rings. The van der Waals surface area contributed by atoms with Crippen LogP contribution < -0.4 is 0 Å². The van der Waals surface area contributed by atoms with Gasteiger partial charge in [0.15, 0.2) is 5.78 Å². The van der Waals surface area contributed by atoms with Crippen molar-refractivity contribution in [3.63, 3.8) is 0 Å². The van der Waals surface area contributed by atoms with E-state index in [1.165, 1.54) is 76.2 Å². The number of carbonyl (C=O) groups is 6. The predicted octanol–water partition coefficient (Wildman–Crippen LogP) is 3.74. The lowest BCUT2D eigenvalue weighted by Gasteiger charge is -2.32. The average Bonchev–Trinajstić information content (AvgIpc) is 2.80. The number of hydrogen-bond acceptors (Lipinski definition) is 10. The topological polar surface area (TPSA) is 139 Å². The van der Waals surface area contributed by atoms with Crippen LogP contribution in [0.3, 0.4) is 0 Å². The molecule has 2 aliphatic rings. The summed E-state index contributed by atoms with van der Waals surface area (Å²) >= 11 is 5.12. The van der Waals surface area contributed by atoms with Gasteiger partial charge in [-0.1, -0.05) is 24.3 Å². The monoisotopic (exact) mass is 596 g/mol. The molecule has 4 rings (SSSR count). The predicted molar refractivity (Wildman–Crippen MR) is 137 cm³/mol. The quantitative estimate of drug-likeness (QED) is 0.285. The third-order valence-corrected chi connectivity index (χ3v) is 5.18. The SMILES string of the molecule is CC1(C)OC(=O)C(C(=O)Cc2ccc(F)cc2)C(=O)O1.CC1(C)OC(=O)CC(=O)O1.O=C(Cl)Cc1ccc(F)cc1. The molecule has 41 heavy (non-hydrogen) atoms. The molecule has 0 atom stereocenters. The van der Waals surface area contributed by atoms with Gasteiger partial charge >= 0.3 is 23.9 Å². The van der Waals surface area contributed by atoms with Crippen LogP contribution in [0.2, 0.25) is 0 Å². The van der Waals surface area contributed by atoms with Gasteiger partial charge in [-0.05, 0) is 47.0 Å². The zero-order chi connectivity index (χ0) is 31.0. The summed E-state index contributed by atoms with van der Waals surface area (Å²) in [6.45, 7) is 5.84. The van der Waals surface area contributed by atoms with Gasteiger partial charge in [-0.2, -0.15) is 0 Å². The summed E-state index contributed by atoms with van der Waals surface area (Å²) < 4.78 is 44.1. The van der Waals surface area contributed by atoms with E-state index in [-0.39, 0.29) is 25.1 Å². The highest BCUT2D eigenvalue weighted by molar-refractivity contribution is 6.63.